The zero-order valence-corrected chi connectivity index (χ0v) is 11.8. The van der Waals surface area contributed by atoms with Gasteiger partial charge < -0.3 is 5.32 Å². The summed E-state index contributed by atoms with van der Waals surface area (Å²) in [5.74, 6) is 0.636. The Bertz CT molecular complexity index is 873. The average molecular weight is 308 g/mol. The van der Waals surface area contributed by atoms with E-state index in [0.29, 0.717) is 23.8 Å². The fraction of sp³-hybridized carbons (Fsp3) is 0.154. The molecule has 2 N–H and O–H groups in total. The van der Waals surface area contributed by atoms with Gasteiger partial charge in [-0.1, -0.05) is 17.7 Å². The third kappa shape index (κ3) is 2.59. The first kappa shape index (κ1) is 13.6. The smallest absolute Gasteiger partial charge is 0.349 e. The molecule has 2 aromatic heterocycles. The summed E-state index contributed by atoms with van der Waals surface area (Å²) in [5.41, 5.74) is 0.971. The minimum Gasteiger partial charge on any atom is -0.366 e. The number of aromatic nitrogens is 4. The van der Waals surface area contributed by atoms with Crippen molar-refractivity contribution < 1.29 is 4.39 Å². The number of halogens is 2. The van der Waals surface area contributed by atoms with Crippen LogP contribution in [0.4, 0.5) is 10.2 Å². The van der Waals surface area contributed by atoms with Crippen molar-refractivity contribution in [2.24, 2.45) is 0 Å². The topological polar surface area (TPSA) is 75.1 Å². The number of hydrogen-bond acceptors (Lipinski definition) is 4. The van der Waals surface area contributed by atoms with Crippen molar-refractivity contribution in [3.05, 3.63) is 57.0 Å². The van der Waals surface area contributed by atoms with E-state index >= 15 is 0 Å². The van der Waals surface area contributed by atoms with Gasteiger partial charge in [-0.2, -0.15) is 5.10 Å². The second kappa shape index (κ2) is 5.17. The number of aromatic amines is 1. The molecule has 8 heteroatoms. The molecule has 0 saturated heterocycles. The number of rotatable bonds is 3. The van der Waals surface area contributed by atoms with Gasteiger partial charge in [0.05, 0.1) is 5.02 Å². The number of nitrogens with one attached hydrogen (secondary N) is 2. The van der Waals surface area contributed by atoms with E-state index in [1.54, 1.807) is 25.1 Å². The van der Waals surface area contributed by atoms with Crippen molar-refractivity contribution in [1.29, 1.82) is 0 Å². The largest absolute Gasteiger partial charge is 0.366 e. The van der Waals surface area contributed by atoms with E-state index in [1.165, 1.54) is 10.5 Å². The van der Waals surface area contributed by atoms with Crippen molar-refractivity contribution in [1.82, 2.24) is 19.6 Å². The summed E-state index contributed by atoms with van der Waals surface area (Å²) in [7, 11) is 0. The molecule has 0 saturated carbocycles. The first-order valence-corrected chi connectivity index (χ1v) is 6.55. The van der Waals surface area contributed by atoms with Crippen molar-refractivity contribution in [2.45, 2.75) is 13.5 Å². The normalized spacial score (nSPS) is 11.0. The van der Waals surface area contributed by atoms with Crippen LogP contribution in [0.25, 0.3) is 5.65 Å². The fourth-order valence-corrected chi connectivity index (χ4v) is 2.23. The Balaban J connectivity index is 1.85. The molecule has 0 radical (unpaired) electrons. The van der Waals surface area contributed by atoms with Crippen molar-refractivity contribution in [2.75, 3.05) is 5.32 Å². The van der Waals surface area contributed by atoms with E-state index in [1.807, 2.05) is 0 Å². The lowest BCUT2D eigenvalue weighted by Crippen LogP contribution is -2.14. The standard InChI is InChI=1S/C13H11ClFN5O/c1-7-17-11(5-12-18-19-13(21)20(7)12)16-6-8-2-3-10(15)9(14)4-8/h2-5,16H,6H2,1H3,(H,19,21). The second-order valence-corrected chi connectivity index (χ2v) is 4.92. The van der Waals surface area contributed by atoms with Crippen LogP contribution < -0.4 is 11.0 Å². The Hall–Kier alpha value is -2.41. The van der Waals surface area contributed by atoms with E-state index < -0.39 is 5.82 Å². The van der Waals surface area contributed by atoms with Crippen molar-refractivity contribution in [3.8, 4) is 0 Å². The Labute approximate surface area is 123 Å². The molecule has 0 aliphatic heterocycles. The van der Waals surface area contributed by atoms with Crippen LogP contribution >= 0.6 is 11.6 Å². The number of benzene rings is 1. The molecule has 3 rings (SSSR count). The molecular weight excluding hydrogens is 297 g/mol. The third-order valence-electron chi connectivity index (χ3n) is 3.03. The quantitative estimate of drug-likeness (QED) is 0.777. The van der Waals surface area contributed by atoms with Crippen LogP contribution in [0.2, 0.25) is 5.02 Å². The first-order chi connectivity index (χ1) is 10.0. The molecule has 21 heavy (non-hydrogen) atoms. The molecule has 0 fully saturated rings. The number of anilines is 1. The van der Waals surface area contributed by atoms with Crippen LogP contribution in [-0.4, -0.2) is 19.6 Å². The third-order valence-corrected chi connectivity index (χ3v) is 3.32. The Kier molecular flexibility index (Phi) is 3.34. The number of aryl methyl sites for hydroxylation is 1. The number of nitrogens with zero attached hydrogens (tertiary/aromatic N) is 3. The molecule has 1 aromatic carbocycles. The molecule has 0 aliphatic carbocycles. The van der Waals surface area contributed by atoms with Crippen molar-refractivity contribution in [3.63, 3.8) is 0 Å². The predicted octanol–water partition coefficient (Wildman–Crippen LogP) is 2.13. The molecule has 0 spiro atoms. The highest BCUT2D eigenvalue weighted by Crippen LogP contribution is 2.17. The monoisotopic (exact) mass is 307 g/mol. The lowest BCUT2D eigenvalue weighted by molar-refractivity contribution is 0.627. The molecule has 6 nitrogen and oxygen atoms in total. The van der Waals surface area contributed by atoms with Gasteiger partial charge in [-0.05, 0) is 24.6 Å². The van der Waals surface area contributed by atoms with Gasteiger partial charge in [0.15, 0.2) is 5.65 Å². The van der Waals surface area contributed by atoms with Gasteiger partial charge in [0.25, 0.3) is 0 Å². The molecule has 108 valence electrons. The molecule has 0 atom stereocenters. The Morgan fingerprint density at radius 3 is 3.00 bits per heavy atom. The van der Waals surface area contributed by atoms with E-state index in [-0.39, 0.29) is 10.7 Å². The van der Waals surface area contributed by atoms with Crippen LogP contribution in [0, 0.1) is 12.7 Å². The molecule has 0 aliphatic rings. The summed E-state index contributed by atoms with van der Waals surface area (Å²) in [6.45, 7) is 2.14. The number of hydrogen-bond donors (Lipinski definition) is 2. The SMILES string of the molecule is Cc1nc(NCc2ccc(F)c(Cl)c2)cc2n[nH]c(=O)n12. The minimum absolute atomic E-state index is 0.0766. The van der Waals surface area contributed by atoms with Gasteiger partial charge >= 0.3 is 5.69 Å². The summed E-state index contributed by atoms with van der Waals surface area (Å²) >= 11 is 5.73. The van der Waals surface area contributed by atoms with Gasteiger partial charge in [-0.15, -0.1) is 0 Å². The van der Waals surface area contributed by atoms with Crippen LogP contribution in [0.3, 0.4) is 0 Å². The van der Waals surface area contributed by atoms with Gasteiger partial charge in [-0.25, -0.2) is 23.7 Å². The van der Waals surface area contributed by atoms with Crippen molar-refractivity contribution >= 4 is 23.1 Å². The predicted molar refractivity (Wildman–Crippen MR) is 77.1 cm³/mol. The summed E-state index contributed by atoms with van der Waals surface area (Å²) in [6, 6.07) is 6.15. The zero-order chi connectivity index (χ0) is 15.0. The minimum atomic E-state index is -0.452. The average Bonchev–Trinajstić information content (AvgIpc) is 2.82. The molecule has 0 unspecified atom stereocenters. The number of H-pyrrole nitrogens is 1. The van der Waals surface area contributed by atoms with E-state index in [2.05, 4.69) is 20.5 Å². The molecule has 2 heterocycles. The number of fused-ring (bicyclic) bond motifs is 1. The van der Waals surface area contributed by atoms with Crippen LogP contribution in [0.5, 0.6) is 0 Å². The van der Waals surface area contributed by atoms with E-state index in [0.717, 1.165) is 5.56 Å². The zero-order valence-electron chi connectivity index (χ0n) is 11.0. The Morgan fingerprint density at radius 1 is 1.43 bits per heavy atom. The van der Waals surface area contributed by atoms with Crippen LogP contribution in [0.15, 0.2) is 29.1 Å². The first-order valence-electron chi connectivity index (χ1n) is 6.17. The summed E-state index contributed by atoms with van der Waals surface area (Å²) in [6.07, 6.45) is 0. The maximum Gasteiger partial charge on any atom is 0.349 e. The molecule has 0 bridgehead atoms. The Morgan fingerprint density at radius 2 is 2.24 bits per heavy atom. The van der Waals surface area contributed by atoms with Gasteiger partial charge in [0.2, 0.25) is 0 Å². The van der Waals surface area contributed by atoms with E-state index in [4.69, 9.17) is 11.6 Å². The van der Waals surface area contributed by atoms with Crippen LogP contribution in [0.1, 0.15) is 11.4 Å². The summed E-state index contributed by atoms with van der Waals surface area (Å²) in [5, 5.41) is 9.42. The molecule has 0 amide bonds. The highest BCUT2D eigenvalue weighted by molar-refractivity contribution is 6.30. The summed E-state index contributed by atoms with van der Waals surface area (Å²) < 4.78 is 14.5. The molecule has 3 aromatic rings. The van der Waals surface area contributed by atoms with Gasteiger partial charge in [-0.3, -0.25) is 0 Å². The highest BCUT2D eigenvalue weighted by atomic mass is 35.5. The maximum absolute atomic E-state index is 13.1. The summed E-state index contributed by atoms with van der Waals surface area (Å²) in [4.78, 5) is 15.8. The maximum atomic E-state index is 13.1. The van der Waals surface area contributed by atoms with E-state index in [9.17, 15) is 9.18 Å². The molecular formula is C13H11ClFN5O. The second-order valence-electron chi connectivity index (χ2n) is 4.51. The van der Waals surface area contributed by atoms with Gasteiger partial charge in [0, 0.05) is 12.6 Å². The van der Waals surface area contributed by atoms with Crippen LogP contribution in [-0.2, 0) is 6.54 Å². The fourth-order valence-electron chi connectivity index (χ4n) is 2.03. The highest BCUT2D eigenvalue weighted by Gasteiger charge is 2.07. The van der Waals surface area contributed by atoms with Gasteiger partial charge in [0.1, 0.15) is 17.5 Å². The lowest BCUT2D eigenvalue weighted by Gasteiger charge is -2.08. The lowest BCUT2D eigenvalue weighted by atomic mass is 10.2.